The molecule has 10 heteroatoms. The molecule has 0 amide bonds. The van der Waals surface area contributed by atoms with Gasteiger partial charge in [-0.3, -0.25) is 4.57 Å². The molecule has 8 nitrogen and oxygen atoms in total. The van der Waals surface area contributed by atoms with Crippen LogP contribution < -0.4 is 10.0 Å². The zero-order valence-electron chi connectivity index (χ0n) is 14.8. The number of rotatable bonds is 7. The molecule has 2 N–H and O–H groups in total. The van der Waals surface area contributed by atoms with Crippen molar-refractivity contribution in [2.24, 2.45) is 0 Å². The molecule has 0 aliphatic carbocycles. The average Bonchev–Trinajstić information content (AvgIpc) is 3.04. The second-order valence-corrected chi connectivity index (χ2v) is 7.99. The second kappa shape index (κ2) is 8.03. The van der Waals surface area contributed by atoms with Crippen LogP contribution >= 0.6 is 11.6 Å². The van der Waals surface area contributed by atoms with E-state index < -0.39 is 10.0 Å². The largest absolute Gasteiger partial charge is 0.369 e. The van der Waals surface area contributed by atoms with Gasteiger partial charge in [0.2, 0.25) is 10.0 Å². The number of benzene rings is 1. The van der Waals surface area contributed by atoms with E-state index in [1.807, 2.05) is 17.7 Å². The second-order valence-electron chi connectivity index (χ2n) is 5.78. The Hall–Kier alpha value is -2.49. The lowest BCUT2D eigenvalue weighted by Gasteiger charge is -2.11. The van der Waals surface area contributed by atoms with Crippen molar-refractivity contribution in [2.75, 3.05) is 18.4 Å². The molecule has 2 aromatic heterocycles. The van der Waals surface area contributed by atoms with Gasteiger partial charge in [0.05, 0.1) is 4.90 Å². The molecular weight excluding hydrogens is 388 g/mol. The van der Waals surface area contributed by atoms with E-state index >= 15 is 0 Å². The van der Waals surface area contributed by atoms with Gasteiger partial charge in [0, 0.05) is 36.6 Å². The zero-order valence-corrected chi connectivity index (χ0v) is 16.4. The number of sulfonamides is 1. The number of imidazole rings is 1. The van der Waals surface area contributed by atoms with Gasteiger partial charge in [0.25, 0.3) is 0 Å². The SMILES string of the molecule is Cc1nc(NCCNS(=O)(=O)c2cccc(Cl)c2)cc(-n2ccnc2C)n1. The molecule has 27 heavy (non-hydrogen) atoms. The van der Waals surface area contributed by atoms with Gasteiger partial charge >= 0.3 is 0 Å². The van der Waals surface area contributed by atoms with Crippen LogP contribution in [0.5, 0.6) is 0 Å². The maximum absolute atomic E-state index is 12.3. The minimum absolute atomic E-state index is 0.130. The van der Waals surface area contributed by atoms with E-state index in [1.165, 1.54) is 12.1 Å². The van der Waals surface area contributed by atoms with E-state index in [0.29, 0.717) is 29.0 Å². The molecule has 0 bridgehead atoms. The normalized spacial score (nSPS) is 11.5. The highest BCUT2D eigenvalue weighted by molar-refractivity contribution is 7.89. The summed E-state index contributed by atoms with van der Waals surface area (Å²) in [5, 5.41) is 3.48. The standard InChI is InChI=1S/C17H19ClN6O2S/c1-12-22-16(11-17(23-12)24-9-8-19-13(24)2)20-6-7-21-27(25,26)15-5-3-4-14(18)10-15/h3-5,8-11,21H,6-7H2,1-2H3,(H,20,22,23). The van der Waals surface area contributed by atoms with Crippen LogP contribution in [-0.4, -0.2) is 41.0 Å². The summed E-state index contributed by atoms with van der Waals surface area (Å²) >= 11 is 5.85. The van der Waals surface area contributed by atoms with Gasteiger partial charge in [-0.05, 0) is 32.0 Å². The zero-order chi connectivity index (χ0) is 19.4. The highest BCUT2D eigenvalue weighted by Gasteiger charge is 2.13. The van der Waals surface area contributed by atoms with Gasteiger partial charge < -0.3 is 5.32 Å². The van der Waals surface area contributed by atoms with Crippen molar-refractivity contribution >= 4 is 27.4 Å². The molecule has 2 heterocycles. The molecule has 0 saturated heterocycles. The fraction of sp³-hybridized carbons (Fsp3) is 0.235. The summed E-state index contributed by atoms with van der Waals surface area (Å²) in [7, 11) is -3.61. The van der Waals surface area contributed by atoms with Crippen molar-refractivity contribution in [1.82, 2.24) is 24.2 Å². The maximum Gasteiger partial charge on any atom is 0.240 e. The topological polar surface area (TPSA) is 102 Å². The first-order chi connectivity index (χ1) is 12.8. The van der Waals surface area contributed by atoms with E-state index in [2.05, 4.69) is 25.0 Å². The van der Waals surface area contributed by atoms with Crippen molar-refractivity contribution in [2.45, 2.75) is 18.7 Å². The lowest BCUT2D eigenvalue weighted by atomic mass is 10.4. The molecule has 0 fully saturated rings. The molecule has 0 saturated carbocycles. The number of nitrogens with zero attached hydrogens (tertiary/aromatic N) is 4. The summed E-state index contributed by atoms with van der Waals surface area (Å²) < 4.78 is 28.9. The number of hydrogen-bond acceptors (Lipinski definition) is 6. The van der Waals surface area contributed by atoms with Crippen LogP contribution in [0.3, 0.4) is 0 Å². The van der Waals surface area contributed by atoms with E-state index in [1.54, 1.807) is 31.3 Å². The summed E-state index contributed by atoms with van der Waals surface area (Å²) in [4.78, 5) is 13.0. The van der Waals surface area contributed by atoms with Crippen LogP contribution in [0.15, 0.2) is 47.6 Å². The smallest absolute Gasteiger partial charge is 0.240 e. The molecule has 3 rings (SSSR count). The lowest BCUT2D eigenvalue weighted by molar-refractivity contribution is 0.583. The number of anilines is 1. The summed E-state index contributed by atoms with van der Waals surface area (Å²) in [5.41, 5.74) is 0. The van der Waals surface area contributed by atoms with E-state index in [-0.39, 0.29) is 11.4 Å². The Labute approximate surface area is 162 Å². The fourth-order valence-electron chi connectivity index (χ4n) is 2.48. The molecule has 0 radical (unpaired) electrons. The number of nitrogens with one attached hydrogen (secondary N) is 2. The predicted molar refractivity (Wildman–Crippen MR) is 104 cm³/mol. The average molecular weight is 407 g/mol. The first kappa shape index (κ1) is 19.3. The van der Waals surface area contributed by atoms with Gasteiger partial charge in [-0.1, -0.05) is 17.7 Å². The Bertz CT molecular complexity index is 1050. The van der Waals surface area contributed by atoms with Crippen molar-refractivity contribution in [3.8, 4) is 5.82 Å². The van der Waals surface area contributed by atoms with Crippen LogP contribution in [0.2, 0.25) is 5.02 Å². The molecule has 3 aromatic rings. The first-order valence-corrected chi connectivity index (χ1v) is 10.1. The van der Waals surface area contributed by atoms with E-state index in [9.17, 15) is 8.42 Å². The van der Waals surface area contributed by atoms with Crippen LogP contribution in [0.1, 0.15) is 11.6 Å². The monoisotopic (exact) mass is 406 g/mol. The Kier molecular flexibility index (Phi) is 5.73. The van der Waals surface area contributed by atoms with Gasteiger partial charge in [-0.15, -0.1) is 0 Å². The predicted octanol–water partition coefficient (Wildman–Crippen LogP) is 2.32. The highest BCUT2D eigenvalue weighted by atomic mass is 35.5. The minimum atomic E-state index is -3.61. The maximum atomic E-state index is 12.3. The van der Waals surface area contributed by atoms with Crippen LogP contribution in [0.25, 0.3) is 5.82 Å². The van der Waals surface area contributed by atoms with Gasteiger partial charge in [-0.2, -0.15) is 0 Å². The van der Waals surface area contributed by atoms with Crippen molar-refractivity contribution in [1.29, 1.82) is 0 Å². The fourth-order valence-corrected chi connectivity index (χ4v) is 3.81. The van der Waals surface area contributed by atoms with Crippen LogP contribution in [0, 0.1) is 13.8 Å². The molecule has 1 aromatic carbocycles. The van der Waals surface area contributed by atoms with E-state index in [4.69, 9.17) is 11.6 Å². The van der Waals surface area contributed by atoms with Gasteiger partial charge in [0.1, 0.15) is 23.3 Å². The third-order valence-corrected chi connectivity index (χ3v) is 5.42. The summed E-state index contributed by atoms with van der Waals surface area (Å²) in [6, 6.07) is 7.91. The Balaban J connectivity index is 1.63. The number of hydrogen-bond donors (Lipinski definition) is 2. The van der Waals surface area contributed by atoms with E-state index in [0.717, 1.165) is 5.82 Å². The van der Waals surface area contributed by atoms with Gasteiger partial charge in [-0.25, -0.2) is 28.1 Å². The van der Waals surface area contributed by atoms with Crippen molar-refractivity contribution < 1.29 is 8.42 Å². The molecule has 0 unspecified atom stereocenters. The molecule has 0 aliphatic rings. The van der Waals surface area contributed by atoms with Crippen molar-refractivity contribution in [3.63, 3.8) is 0 Å². The third kappa shape index (κ3) is 4.82. The molecular formula is C17H19ClN6O2S. The Morgan fingerprint density at radius 2 is 1.96 bits per heavy atom. The molecule has 0 atom stereocenters. The van der Waals surface area contributed by atoms with Crippen LogP contribution in [0.4, 0.5) is 5.82 Å². The number of aromatic nitrogens is 4. The van der Waals surface area contributed by atoms with Gasteiger partial charge in [0.15, 0.2) is 0 Å². The highest BCUT2D eigenvalue weighted by Crippen LogP contribution is 2.15. The summed E-state index contributed by atoms with van der Waals surface area (Å²) in [5.74, 6) is 2.71. The summed E-state index contributed by atoms with van der Waals surface area (Å²) in [6.07, 6.45) is 3.52. The molecule has 0 spiro atoms. The number of aryl methyl sites for hydroxylation is 2. The number of halogens is 1. The molecule has 142 valence electrons. The Morgan fingerprint density at radius 3 is 2.67 bits per heavy atom. The first-order valence-electron chi connectivity index (χ1n) is 8.20. The minimum Gasteiger partial charge on any atom is -0.369 e. The van der Waals surface area contributed by atoms with Crippen LogP contribution in [-0.2, 0) is 10.0 Å². The Morgan fingerprint density at radius 1 is 1.15 bits per heavy atom. The summed E-state index contributed by atoms with van der Waals surface area (Å²) in [6.45, 7) is 4.23. The third-order valence-electron chi connectivity index (χ3n) is 3.73. The van der Waals surface area contributed by atoms with Crippen molar-refractivity contribution in [3.05, 3.63) is 59.4 Å². The molecule has 0 aliphatic heterocycles. The quantitative estimate of drug-likeness (QED) is 0.584. The lowest BCUT2D eigenvalue weighted by Crippen LogP contribution is -2.29.